The molecule has 138 valence electrons. The maximum absolute atomic E-state index is 12.9. The van der Waals surface area contributed by atoms with E-state index in [1.165, 1.54) is 11.4 Å². The van der Waals surface area contributed by atoms with Crippen molar-refractivity contribution < 1.29 is 23.1 Å². The van der Waals surface area contributed by atoms with Crippen molar-refractivity contribution >= 4 is 21.6 Å². The molecular formula is C17H24N2O5S. The predicted molar refractivity (Wildman–Crippen MR) is 94.1 cm³/mol. The normalized spacial score (nSPS) is 26.4. The third-order valence-corrected chi connectivity index (χ3v) is 6.33. The zero-order chi connectivity index (χ0) is 18.2. The fourth-order valence-corrected chi connectivity index (χ4v) is 4.13. The van der Waals surface area contributed by atoms with Crippen molar-refractivity contribution in [3.8, 4) is 0 Å². The molecule has 0 aromatic heterocycles. The summed E-state index contributed by atoms with van der Waals surface area (Å²) < 4.78 is 30.1. The Morgan fingerprint density at radius 2 is 2.00 bits per heavy atom. The Kier molecular flexibility index (Phi) is 5.04. The van der Waals surface area contributed by atoms with Gasteiger partial charge in [0.2, 0.25) is 10.0 Å². The highest BCUT2D eigenvalue weighted by Gasteiger charge is 2.42. The lowest BCUT2D eigenvalue weighted by atomic mass is 10.1. The zero-order valence-electron chi connectivity index (χ0n) is 14.5. The van der Waals surface area contributed by atoms with Gasteiger partial charge in [0.05, 0.1) is 30.7 Å². The summed E-state index contributed by atoms with van der Waals surface area (Å²) in [6.07, 6.45) is 2.66. The lowest BCUT2D eigenvalue weighted by molar-refractivity contribution is -0.0448. The second-order valence-electron chi connectivity index (χ2n) is 6.77. The number of rotatable bonds is 4. The molecule has 8 heteroatoms. The molecule has 3 atom stereocenters. The number of aliphatic hydroxyl groups is 1. The monoisotopic (exact) mass is 368 g/mol. The highest BCUT2D eigenvalue weighted by Crippen LogP contribution is 2.34. The SMILES string of the molecule is CN(c1ccc(C(=O)N2CCOC3C[C@H](CO)C[C@@H]32)cc1)S(C)(=O)=O. The molecule has 1 N–H and O–H groups in total. The van der Waals surface area contributed by atoms with Crippen LogP contribution < -0.4 is 4.31 Å². The average Bonchev–Trinajstić information content (AvgIpc) is 3.03. The van der Waals surface area contributed by atoms with Crippen molar-refractivity contribution in [1.29, 1.82) is 0 Å². The summed E-state index contributed by atoms with van der Waals surface area (Å²) in [7, 11) is -1.85. The third kappa shape index (κ3) is 3.65. The molecule has 1 saturated heterocycles. The van der Waals surface area contributed by atoms with Crippen LogP contribution in [0.15, 0.2) is 24.3 Å². The van der Waals surface area contributed by atoms with E-state index in [0.717, 1.165) is 19.1 Å². The molecule has 25 heavy (non-hydrogen) atoms. The van der Waals surface area contributed by atoms with Crippen molar-refractivity contribution in [3.63, 3.8) is 0 Å². The van der Waals surface area contributed by atoms with Crippen LogP contribution in [0.5, 0.6) is 0 Å². The highest BCUT2D eigenvalue weighted by atomic mass is 32.2. The topological polar surface area (TPSA) is 87.2 Å². The first-order valence-corrected chi connectivity index (χ1v) is 10.2. The fourth-order valence-electron chi connectivity index (χ4n) is 3.62. The van der Waals surface area contributed by atoms with E-state index in [1.54, 1.807) is 24.3 Å². The number of nitrogens with zero attached hydrogens (tertiary/aromatic N) is 2. The molecule has 7 nitrogen and oxygen atoms in total. The van der Waals surface area contributed by atoms with Gasteiger partial charge in [-0.2, -0.15) is 0 Å². The van der Waals surface area contributed by atoms with E-state index in [-0.39, 0.29) is 30.6 Å². The molecule has 1 aromatic rings. The molecule has 0 bridgehead atoms. The molecular weight excluding hydrogens is 344 g/mol. The van der Waals surface area contributed by atoms with Gasteiger partial charge < -0.3 is 14.7 Å². The van der Waals surface area contributed by atoms with Crippen molar-refractivity contribution in [3.05, 3.63) is 29.8 Å². The molecule has 2 aliphatic rings. The Balaban J connectivity index is 1.76. The second kappa shape index (κ2) is 6.93. The highest BCUT2D eigenvalue weighted by molar-refractivity contribution is 7.92. The number of carbonyl (C=O) groups excluding carboxylic acids is 1. The van der Waals surface area contributed by atoms with Crippen molar-refractivity contribution in [2.45, 2.75) is 25.0 Å². The van der Waals surface area contributed by atoms with Crippen LogP contribution >= 0.6 is 0 Å². The molecule has 0 radical (unpaired) electrons. The number of hydrogen-bond donors (Lipinski definition) is 1. The molecule has 1 amide bonds. The minimum absolute atomic E-state index is 0.00299. The maximum atomic E-state index is 12.9. The van der Waals surface area contributed by atoms with Gasteiger partial charge in [-0.25, -0.2) is 8.42 Å². The Morgan fingerprint density at radius 3 is 2.60 bits per heavy atom. The first kappa shape index (κ1) is 18.2. The summed E-state index contributed by atoms with van der Waals surface area (Å²) in [6.45, 7) is 1.15. The van der Waals surface area contributed by atoms with Gasteiger partial charge in [-0.3, -0.25) is 9.10 Å². The molecule has 3 rings (SSSR count). The number of ether oxygens (including phenoxy) is 1. The number of benzene rings is 1. The van der Waals surface area contributed by atoms with Crippen LogP contribution in [0, 0.1) is 5.92 Å². The number of carbonyl (C=O) groups is 1. The summed E-state index contributed by atoms with van der Waals surface area (Å²) in [5, 5.41) is 9.39. The van der Waals surface area contributed by atoms with Crippen LogP contribution in [0.1, 0.15) is 23.2 Å². The second-order valence-corrected chi connectivity index (χ2v) is 8.79. The molecule has 1 aliphatic carbocycles. The molecule has 0 spiro atoms. The van der Waals surface area contributed by atoms with Gasteiger partial charge in [0.25, 0.3) is 5.91 Å². The fraction of sp³-hybridized carbons (Fsp3) is 0.588. The van der Waals surface area contributed by atoms with E-state index in [1.807, 2.05) is 4.90 Å². The maximum Gasteiger partial charge on any atom is 0.254 e. The van der Waals surface area contributed by atoms with E-state index in [0.29, 0.717) is 24.4 Å². The van der Waals surface area contributed by atoms with Gasteiger partial charge in [-0.1, -0.05) is 0 Å². The molecule has 1 unspecified atom stereocenters. The largest absolute Gasteiger partial charge is 0.396 e. The number of hydrogen-bond acceptors (Lipinski definition) is 5. The lowest BCUT2D eigenvalue weighted by Gasteiger charge is -2.37. The summed E-state index contributed by atoms with van der Waals surface area (Å²) in [6, 6.07) is 6.58. The van der Waals surface area contributed by atoms with Crippen molar-refractivity contribution in [2.24, 2.45) is 5.92 Å². The average molecular weight is 368 g/mol. The predicted octanol–water partition coefficient (Wildman–Crippen LogP) is 0.694. The first-order valence-electron chi connectivity index (χ1n) is 8.38. The van der Waals surface area contributed by atoms with E-state index in [9.17, 15) is 18.3 Å². The van der Waals surface area contributed by atoms with Gasteiger partial charge in [0, 0.05) is 25.8 Å². The lowest BCUT2D eigenvalue weighted by Crippen LogP contribution is -2.51. The minimum atomic E-state index is -3.33. The molecule has 1 heterocycles. The van der Waals surface area contributed by atoms with Crippen LogP contribution in [-0.2, 0) is 14.8 Å². The minimum Gasteiger partial charge on any atom is -0.396 e. The van der Waals surface area contributed by atoms with Crippen molar-refractivity contribution in [1.82, 2.24) is 4.90 Å². The number of fused-ring (bicyclic) bond motifs is 1. The van der Waals surface area contributed by atoms with Gasteiger partial charge in [-0.15, -0.1) is 0 Å². The first-order chi connectivity index (χ1) is 11.8. The Hall–Kier alpha value is -1.64. The Morgan fingerprint density at radius 1 is 1.32 bits per heavy atom. The van der Waals surface area contributed by atoms with E-state index < -0.39 is 10.0 Å². The number of morpholine rings is 1. The van der Waals surface area contributed by atoms with Gasteiger partial charge >= 0.3 is 0 Å². The molecule has 1 saturated carbocycles. The number of amides is 1. The number of aliphatic hydroxyl groups excluding tert-OH is 1. The molecule has 2 fully saturated rings. The van der Waals surface area contributed by atoms with Crippen LogP contribution in [0.3, 0.4) is 0 Å². The number of sulfonamides is 1. The van der Waals surface area contributed by atoms with E-state index in [2.05, 4.69) is 0 Å². The smallest absolute Gasteiger partial charge is 0.254 e. The summed E-state index contributed by atoms with van der Waals surface area (Å²) in [5.41, 5.74) is 1.04. The molecule has 1 aromatic carbocycles. The van der Waals surface area contributed by atoms with E-state index in [4.69, 9.17) is 4.74 Å². The van der Waals surface area contributed by atoms with Gasteiger partial charge in [-0.05, 0) is 43.0 Å². The summed E-state index contributed by atoms with van der Waals surface area (Å²) >= 11 is 0. The Labute approximate surface area is 148 Å². The van der Waals surface area contributed by atoms with E-state index >= 15 is 0 Å². The summed E-state index contributed by atoms with van der Waals surface area (Å²) in [5.74, 6) is 0.0969. The Bertz CT molecular complexity index is 734. The molecule has 1 aliphatic heterocycles. The standard InChI is InChI=1S/C17H24N2O5S/c1-18(25(2,22)23)14-5-3-13(4-6-14)17(21)19-7-8-24-16-10-12(11-20)9-15(16)19/h3-6,12,15-16,20H,7-11H2,1-2H3/t12-,15+,16?/m1/s1. The van der Waals surface area contributed by atoms with Crippen LogP contribution in [0.2, 0.25) is 0 Å². The van der Waals surface area contributed by atoms with Crippen LogP contribution in [0.25, 0.3) is 0 Å². The van der Waals surface area contributed by atoms with Gasteiger partial charge in [0.15, 0.2) is 0 Å². The third-order valence-electron chi connectivity index (χ3n) is 5.13. The summed E-state index contributed by atoms with van der Waals surface area (Å²) in [4.78, 5) is 14.7. The van der Waals surface area contributed by atoms with Crippen molar-refractivity contribution in [2.75, 3.05) is 37.4 Å². The number of anilines is 1. The van der Waals surface area contributed by atoms with Crippen LogP contribution in [-0.4, -0.2) is 69.5 Å². The van der Waals surface area contributed by atoms with Crippen LogP contribution in [0.4, 0.5) is 5.69 Å². The quantitative estimate of drug-likeness (QED) is 0.845. The zero-order valence-corrected chi connectivity index (χ0v) is 15.3. The van der Waals surface area contributed by atoms with Gasteiger partial charge in [0.1, 0.15) is 0 Å².